The Balaban J connectivity index is 0.941. The van der Waals surface area contributed by atoms with Gasteiger partial charge in [-0.3, -0.25) is 9.58 Å². The normalized spacial score (nSPS) is 17.0. The summed E-state index contributed by atoms with van der Waals surface area (Å²) in [6.45, 7) is 3.94. The Kier molecular flexibility index (Phi) is 8.60. The smallest absolute Gasteiger partial charge is 0.338 e. The number of esters is 1. The summed E-state index contributed by atoms with van der Waals surface area (Å²) in [7, 11) is 1.88. The van der Waals surface area contributed by atoms with Crippen LogP contribution < -0.4 is 4.74 Å². The molecule has 1 aromatic carbocycles. The molecule has 4 aromatic heterocycles. The number of carbonyl (C=O) groups is 1. The number of rotatable bonds is 9. The molecule has 0 amide bonds. The highest BCUT2D eigenvalue weighted by atomic mass is 32.1. The van der Waals surface area contributed by atoms with E-state index in [1.165, 1.54) is 0 Å². The van der Waals surface area contributed by atoms with Gasteiger partial charge >= 0.3 is 5.97 Å². The van der Waals surface area contributed by atoms with Gasteiger partial charge in [-0.2, -0.15) is 5.10 Å². The molecular weight excluding hydrogens is 588 g/mol. The molecule has 2 aliphatic heterocycles. The van der Waals surface area contributed by atoms with Gasteiger partial charge in [0.25, 0.3) is 0 Å². The summed E-state index contributed by atoms with van der Waals surface area (Å²) in [6, 6.07) is 14.0. The SMILES string of the molecule is Cn1cc(C#Cc2ccc(COc3cccc(C4CCN(Cc5cc6[nH]cnc6cc5C(=O)OC[C@@H]5CCO5)CC4)n3)s2)cn1. The second kappa shape index (κ2) is 13.2. The molecule has 2 saturated heterocycles. The number of piperidine rings is 1. The first kappa shape index (κ1) is 29.2. The number of benzene rings is 1. The number of likely N-dealkylation sites (tertiary alicyclic amines) is 1. The molecule has 0 bridgehead atoms. The van der Waals surface area contributed by atoms with Crippen molar-refractivity contribution in [2.24, 2.45) is 7.05 Å². The molecule has 10 nitrogen and oxygen atoms in total. The van der Waals surface area contributed by atoms with Crippen LogP contribution >= 0.6 is 11.3 Å². The van der Waals surface area contributed by atoms with Crippen LogP contribution in [0, 0.1) is 11.8 Å². The van der Waals surface area contributed by atoms with Crippen LogP contribution in [0.4, 0.5) is 0 Å². The van der Waals surface area contributed by atoms with Gasteiger partial charge in [0.15, 0.2) is 0 Å². The van der Waals surface area contributed by atoms with Crippen molar-refractivity contribution in [3.8, 4) is 17.7 Å². The summed E-state index contributed by atoms with van der Waals surface area (Å²) in [6.07, 6.45) is 8.20. The van der Waals surface area contributed by atoms with Crippen molar-refractivity contribution in [2.45, 2.75) is 44.4 Å². The van der Waals surface area contributed by atoms with E-state index in [2.05, 4.69) is 43.9 Å². The molecule has 1 N–H and O–H groups in total. The molecule has 0 unspecified atom stereocenters. The topological polar surface area (TPSA) is 107 Å². The largest absolute Gasteiger partial charge is 0.472 e. The molecule has 45 heavy (non-hydrogen) atoms. The number of ether oxygens (including phenoxy) is 3. The highest BCUT2D eigenvalue weighted by molar-refractivity contribution is 7.12. The van der Waals surface area contributed by atoms with E-state index >= 15 is 0 Å². The quantitative estimate of drug-likeness (QED) is 0.180. The van der Waals surface area contributed by atoms with E-state index in [0.717, 1.165) is 76.6 Å². The van der Waals surface area contributed by atoms with Crippen molar-refractivity contribution in [2.75, 3.05) is 26.3 Å². The highest BCUT2D eigenvalue weighted by Gasteiger charge is 2.25. The molecule has 2 fully saturated rings. The third-order valence-corrected chi connectivity index (χ3v) is 9.24. The van der Waals surface area contributed by atoms with Crippen molar-refractivity contribution >= 4 is 28.3 Å². The minimum atomic E-state index is -0.322. The van der Waals surface area contributed by atoms with Crippen LogP contribution in [0.5, 0.6) is 5.88 Å². The number of hydrogen-bond acceptors (Lipinski definition) is 9. The highest BCUT2D eigenvalue weighted by Crippen LogP contribution is 2.30. The van der Waals surface area contributed by atoms with Crippen molar-refractivity contribution in [3.63, 3.8) is 0 Å². The summed E-state index contributed by atoms with van der Waals surface area (Å²) >= 11 is 1.62. The number of imidazole rings is 1. The van der Waals surface area contributed by atoms with Gasteiger partial charge in [0.1, 0.15) is 13.2 Å². The second-order valence-corrected chi connectivity index (χ2v) is 12.6. The zero-order valence-electron chi connectivity index (χ0n) is 25.1. The molecule has 2 aliphatic rings. The van der Waals surface area contributed by atoms with Crippen LogP contribution in [0.1, 0.15) is 62.1 Å². The number of hydrogen-bond donors (Lipinski definition) is 1. The maximum absolute atomic E-state index is 13.1. The molecule has 0 radical (unpaired) electrons. The van der Waals surface area contributed by atoms with Crippen LogP contribution in [0.2, 0.25) is 0 Å². The number of nitrogens with zero attached hydrogens (tertiary/aromatic N) is 5. The molecule has 7 rings (SSSR count). The number of fused-ring (bicyclic) bond motifs is 1. The van der Waals surface area contributed by atoms with E-state index in [-0.39, 0.29) is 18.7 Å². The fraction of sp³-hybridized carbons (Fsp3) is 0.353. The number of aromatic amines is 1. The minimum absolute atomic E-state index is 0.00902. The van der Waals surface area contributed by atoms with Gasteiger partial charge in [-0.15, -0.1) is 11.3 Å². The average molecular weight is 623 g/mol. The molecule has 1 atom stereocenters. The predicted molar refractivity (Wildman–Crippen MR) is 170 cm³/mol. The third-order valence-electron chi connectivity index (χ3n) is 8.26. The molecule has 0 spiro atoms. The van der Waals surface area contributed by atoms with Crippen LogP contribution in [0.3, 0.4) is 0 Å². The van der Waals surface area contributed by atoms with E-state index in [1.54, 1.807) is 28.5 Å². The van der Waals surface area contributed by atoms with Crippen LogP contribution in [-0.4, -0.2) is 68.0 Å². The second-order valence-electron chi connectivity index (χ2n) is 11.5. The maximum atomic E-state index is 13.1. The Hall–Kier alpha value is -4.50. The lowest BCUT2D eigenvalue weighted by atomic mass is 9.92. The van der Waals surface area contributed by atoms with Crippen molar-refractivity contribution < 1.29 is 19.0 Å². The maximum Gasteiger partial charge on any atom is 0.338 e. The summed E-state index contributed by atoms with van der Waals surface area (Å²) in [4.78, 5) is 29.9. The Labute approximate surface area is 265 Å². The summed E-state index contributed by atoms with van der Waals surface area (Å²) in [5.74, 6) is 7.01. The van der Waals surface area contributed by atoms with E-state index in [4.69, 9.17) is 19.2 Å². The Bertz CT molecular complexity index is 1850. The van der Waals surface area contributed by atoms with Gasteiger partial charge in [-0.05, 0) is 61.8 Å². The van der Waals surface area contributed by atoms with Gasteiger partial charge in [0.2, 0.25) is 5.88 Å². The molecule has 11 heteroatoms. The van der Waals surface area contributed by atoms with Gasteiger partial charge < -0.3 is 19.2 Å². The molecule has 230 valence electrons. The Morgan fingerprint density at radius 1 is 1.16 bits per heavy atom. The zero-order valence-corrected chi connectivity index (χ0v) is 25.9. The van der Waals surface area contributed by atoms with Crippen LogP contribution in [0.25, 0.3) is 11.0 Å². The molecular formula is C34H34N6O4S. The lowest BCUT2D eigenvalue weighted by Crippen LogP contribution is -2.34. The monoisotopic (exact) mass is 622 g/mol. The molecule has 6 heterocycles. The van der Waals surface area contributed by atoms with Gasteiger partial charge in [-0.25, -0.2) is 14.8 Å². The fourth-order valence-corrected chi connectivity index (χ4v) is 6.44. The summed E-state index contributed by atoms with van der Waals surface area (Å²) in [5.41, 5.74) is 5.13. The van der Waals surface area contributed by atoms with E-state index < -0.39 is 0 Å². The van der Waals surface area contributed by atoms with E-state index in [9.17, 15) is 4.79 Å². The standard InChI is InChI=1S/C34H34N6O4S/c1-39-18-23(17-37-39)5-6-27-7-8-28(45-27)21-43-33-4-2-3-30(38-33)24-9-12-40(13-10-24)19-25-15-31-32(36-22-35-31)16-29(25)34(41)44-20-26-11-14-42-26/h2-4,7-8,15-18,22,24,26H,9-14,19-21H2,1H3,(H,35,36)/t26-/m0/s1. The predicted octanol–water partition coefficient (Wildman–Crippen LogP) is 5.06. The van der Waals surface area contributed by atoms with Crippen LogP contribution in [0.15, 0.2) is 61.2 Å². The number of pyridine rings is 1. The van der Waals surface area contributed by atoms with E-state index in [0.29, 0.717) is 30.5 Å². The first-order valence-corrected chi connectivity index (χ1v) is 16.0. The number of thiophene rings is 1. The number of carbonyl (C=O) groups excluding carboxylic acids is 1. The number of aromatic nitrogens is 5. The molecule has 0 aliphatic carbocycles. The first-order chi connectivity index (χ1) is 22.1. The number of aryl methyl sites for hydroxylation is 1. The number of H-pyrrole nitrogens is 1. The first-order valence-electron chi connectivity index (χ1n) is 15.2. The summed E-state index contributed by atoms with van der Waals surface area (Å²) < 4.78 is 18.8. The Morgan fingerprint density at radius 3 is 2.84 bits per heavy atom. The molecule has 5 aromatic rings. The third kappa shape index (κ3) is 7.09. The number of nitrogens with one attached hydrogen (secondary N) is 1. The molecule has 0 saturated carbocycles. The fourth-order valence-electron chi connectivity index (χ4n) is 5.66. The minimum Gasteiger partial charge on any atom is -0.472 e. The average Bonchev–Trinajstić information content (AvgIpc) is 3.79. The Morgan fingerprint density at radius 2 is 2.04 bits per heavy atom. The van der Waals surface area contributed by atoms with E-state index in [1.807, 2.05) is 43.6 Å². The van der Waals surface area contributed by atoms with Crippen molar-refractivity contribution in [1.82, 2.24) is 29.6 Å². The van der Waals surface area contributed by atoms with Gasteiger partial charge in [0, 0.05) is 55.4 Å². The van der Waals surface area contributed by atoms with Crippen LogP contribution in [-0.2, 0) is 29.7 Å². The van der Waals surface area contributed by atoms with Crippen molar-refractivity contribution in [1.29, 1.82) is 0 Å². The summed E-state index contributed by atoms with van der Waals surface area (Å²) in [5, 5.41) is 4.16. The lowest BCUT2D eigenvalue weighted by molar-refractivity contribution is -0.0824. The van der Waals surface area contributed by atoms with Gasteiger partial charge in [-0.1, -0.05) is 17.9 Å². The van der Waals surface area contributed by atoms with Crippen molar-refractivity contribution in [3.05, 3.63) is 93.3 Å². The zero-order chi connectivity index (χ0) is 30.6. The lowest BCUT2D eigenvalue weighted by Gasteiger charge is -2.32. The van der Waals surface area contributed by atoms with Gasteiger partial charge in [0.05, 0.1) is 45.7 Å².